The van der Waals surface area contributed by atoms with Gasteiger partial charge in [0.2, 0.25) is 5.91 Å². The van der Waals surface area contributed by atoms with Crippen LogP contribution in [0, 0.1) is 0 Å². The van der Waals surface area contributed by atoms with Crippen LogP contribution in [0.5, 0.6) is 0 Å². The molecule has 0 radical (unpaired) electrons. The van der Waals surface area contributed by atoms with Gasteiger partial charge in [-0.1, -0.05) is 18.2 Å². The summed E-state index contributed by atoms with van der Waals surface area (Å²) in [5, 5.41) is 8.53. The second-order valence-electron chi connectivity index (χ2n) is 6.88. The molecule has 1 aliphatic heterocycles. The molecule has 0 saturated heterocycles. The van der Waals surface area contributed by atoms with Crippen molar-refractivity contribution in [2.24, 2.45) is 0 Å². The summed E-state index contributed by atoms with van der Waals surface area (Å²) in [7, 11) is 0. The molecular formula is C23H16N4O2S. The van der Waals surface area contributed by atoms with Crippen LogP contribution in [-0.4, -0.2) is 21.8 Å². The quantitative estimate of drug-likeness (QED) is 0.512. The van der Waals surface area contributed by atoms with Crippen molar-refractivity contribution >= 4 is 34.5 Å². The first-order valence-corrected chi connectivity index (χ1v) is 10.3. The number of nitrogens with one attached hydrogen (secondary N) is 2. The Kier molecular flexibility index (Phi) is 4.57. The lowest BCUT2D eigenvalue weighted by molar-refractivity contribution is -0.115. The fourth-order valence-corrected chi connectivity index (χ4v) is 4.15. The predicted molar refractivity (Wildman–Crippen MR) is 118 cm³/mol. The molecule has 1 aliphatic rings. The Balaban J connectivity index is 1.36. The highest BCUT2D eigenvalue weighted by atomic mass is 32.1. The molecule has 0 atom stereocenters. The first kappa shape index (κ1) is 18.2. The molecule has 2 N–H and O–H groups in total. The van der Waals surface area contributed by atoms with Crippen LogP contribution in [-0.2, 0) is 11.2 Å². The second kappa shape index (κ2) is 7.53. The van der Waals surface area contributed by atoms with Gasteiger partial charge in [0, 0.05) is 34.1 Å². The largest absolute Gasteiger partial charge is 0.326 e. The van der Waals surface area contributed by atoms with Crippen LogP contribution < -0.4 is 10.6 Å². The van der Waals surface area contributed by atoms with E-state index in [1.807, 2.05) is 47.8 Å². The highest BCUT2D eigenvalue weighted by Crippen LogP contribution is 2.29. The van der Waals surface area contributed by atoms with Crippen LogP contribution in [0.4, 0.5) is 11.4 Å². The second-order valence-corrected chi connectivity index (χ2v) is 7.74. The number of pyridine rings is 1. The van der Waals surface area contributed by atoms with E-state index >= 15 is 0 Å². The number of hydrogen-bond donors (Lipinski definition) is 2. The zero-order valence-electron chi connectivity index (χ0n) is 15.8. The molecule has 0 spiro atoms. The van der Waals surface area contributed by atoms with Gasteiger partial charge >= 0.3 is 0 Å². The molecule has 0 saturated carbocycles. The van der Waals surface area contributed by atoms with Crippen molar-refractivity contribution in [2.45, 2.75) is 6.42 Å². The smallest absolute Gasteiger partial charge is 0.255 e. The van der Waals surface area contributed by atoms with Crippen molar-refractivity contribution in [1.29, 1.82) is 0 Å². The number of aromatic nitrogens is 2. The summed E-state index contributed by atoms with van der Waals surface area (Å²) < 4.78 is 0. The number of carbonyl (C=O) groups is 2. The van der Waals surface area contributed by atoms with Gasteiger partial charge in [-0.25, -0.2) is 4.98 Å². The summed E-state index contributed by atoms with van der Waals surface area (Å²) in [6, 6.07) is 18.5. The minimum Gasteiger partial charge on any atom is -0.326 e. The molecular weight excluding hydrogens is 396 g/mol. The third-order valence-electron chi connectivity index (χ3n) is 4.80. The highest BCUT2D eigenvalue weighted by Gasteiger charge is 2.19. The van der Waals surface area contributed by atoms with E-state index in [0.717, 1.165) is 33.2 Å². The highest BCUT2D eigenvalue weighted by molar-refractivity contribution is 7.13. The van der Waals surface area contributed by atoms with Crippen molar-refractivity contribution < 1.29 is 9.59 Å². The first-order valence-electron chi connectivity index (χ1n) is 9.37. The van der Waals surface area contributed by atoms with Gasteiger partial charge in [-0.3, -0.25) is 14.6 Å². The molecule has 2 amide bonds. The Morgan fingerprint density at radius 2 is 1.97 bits per heavy atom. The zero-order chi connectivity index (χ0) is 20.5. The third kappa shape index (κ3) is 3.58. The summed E-state index contributed by atoms with van der Waals surface area (Å²) in [6.45, 7) is 0. The van der Waals surface area contributed by atoms with Crippen molar-refractivity contribution in [2.75, 3.05) is 10.6 Å². The fraction of sp³-hybridized carbons (Fsp3) is 0.0435. The van der Waals surface area contributed by atoms with E-state index in [0.29, 0.717) is 17.7 Å². The van der Waals surface area contributed by atoms with E-state index in [2.05, 4.69) is 20.6 Å². The molecule has 7 heteroatoms. The molecule has 0 aliphatic carbocycles. The lowest BCUT2D eigenvalue weighted by Crippen LogP contribution is -2.12. The minimum absolute atomic E-state index is 0.0522. The number of anilines is 2. The normalized spacial score (nSPS) is 12.3. The summed E-state index contributed by atoms with van der Waals surface area (Å²) in [5.74, 6) is -0.273. The summed E-state index contributed by atoms with van der Waals surface area (Å²) in [4.78, 5) is 33.2. The van der Waals surface area contributed by atoms with Crippen LogP contribution >= 0.6 is 11.3 Å². The zero-order valence-corrected chi connectivity index (χ0v) is 16.6. The number of carbonyl (C=O) groups excluding carboxylic acids is 2. The van der Waals surface area contributed by atoms with Crippen molar-refractivity contribution in [3.05, 3.63) is 83.4 Å². The first-order chi connectivity index (χ1) is 14.7. The summed E-state index contributed by atoms with van der Waals surface area (Å²) in [5.41, 5.74) is 5.38. The number of hydrogen-bond acceptors (Lipinski definition) is 5. The topological polar surface area (TPSA) is 84.0 Å². The molecule has 6 nitrogen and oxygen atoms in total. The molecule has 2 aromatic carbocycles. The van der Waals surface area contributed by atoms with E-state index in [9.17, 15) is 9.59 Å². The third-order valence-corrected chi connectivity index (χ3v) is 5.66. The Hall–Kier alpha value is -3.84. The number of nitrogens with zero attached hydrogens (tertiary/aromatic N) is 2. The van der Waals surface area contributed by atoms with E-state index in [1.165, 1.54) is 11.3 Å². The number of benzene rings is 2. The maximum absolute atomic E-state index is 12.7. The monoisotopic (exact) mass is 412 g/mol. The van der Waals surface area contributed by atoms with E-state index in [-0.39, 0.29) is 11.8 Å². The Morgan fingerprint density at radius 1 is 1.03 bits per heavy atom. The van der Waals surface area contributed by atoms with Gasteiger partial charge in [0.05, 0.1) is 17.8 Å². The molecule has 3 heterocycles. The molecule has 5 rings (SSSR count). The fourth-order valence-electron chi connectivity index (χ4n) is 3.34. The molecule has 2 aromatic heterocycles. The van der Waals surface area contributed by atoms with Crippen molar-refractivity contribution in [3.8, 4) is 22.0 Å². The average Bonchev–Trinajstić information content (AvgIpc) is 3.40. The lowest BCUT2D eigenvalue weighted by atomic mass is 10.1. The SMILES string of the molecule is O=C1Cc2cc(C(=O)Nc3cccc(-c4csc(-c5ccccn5)n4)c3)ccc2N1. The summed E-state index contributed by atoms with van der Waals surface area (Å²) in [6.07, 6.45) is 2.05. The van der Waals surface area contributed by atoms with Crippen LogP contribution in [0.3, 0.4) is 0 Å². The molecule has 146 valence electrons. The van der Waals surface area contributed by atoms with Gasteiger partial charge in [-0.2, -0.15) is 0 Å². The maximum atomic E-state index is 12.7. The number of fused-ring (bicyclic) bond motifs is 1. The Morgan fingerprint density at radius 3 is 2.83 bits per heavy atom. The van der Waals surface area contributed by atoms with E-state index in [4.69, 9.17) is 0 Å². The van der Waals surface area contributed by atoms with Gasteiger partial charge in [-0.15, -0.1) is 11.3 Å². The van der Waals surface area contributed by atoms with Crippen LogP contribution in [0.1, 0.15) is 15.9 Å². The van der Waals surface area contributed by atoms with Crippen molar-refractivity contribution in [1.82, 2.24) is 9.97 Å². The van der Waals surface area contributed by atoms with Crippen molar-refractivity contribution in [3.63, 3.8) is 0 Å². The van der Waals surface area contributed by atoms with Gasteiger partial charge < -0.3 is 10.6 Å². The maximum Gasteiger partial charge on any atom is 0.255 e. The van der Waals surface area contributed by atoms with Crippen LogP contribution in [0.2, 0.25) is 0 Å². The lowest BCUT2D eigenvalue weighted by Gasteiger charge is -2.08. The number of amides is 2. The van der Waals surface area contributed by atoms with Gasteiger partial charge in [0.15, 0.2) is 0 Å². The molecule has 0 unspecified atom stereocenters. The standard InChI is InChI=1S/C23H16N4O2S/c28-21-12-16-10-15(7-8-18(16)26-21)22(29)25-17-5-3-4-14(11-17)20-13-30-23(27-20)19-6-1-2-9-24-19/h1-11,13H,12H2,(H,25,29)(H,26,28). The molecule has 0 fully saturated rings. The Labute approximate surface area is 176 Å². The molecule has 4 aromatic rings. The number of thiazole rings is 1. The van der Waals surface area contributed by atoms with Crippen LogP contribution in [0.25, 0.3) is 22.0 Å². The van der Waals surface area contributed by atoms with E-state index in [1.54, 1.807) is 24.4 Å². The average molecular weight is 412 g/mol. The van der Waals surface area contributed by atoms with E-state index < -0.39 is 0 Å². The summed E-state index contributed by atoms with van der Waals surface area (Å²) >= 11 is 1.53. The Bertz CT molecular complexity index is 1270. The number of rotatable bonds is 4. The van der Waals surface area contributed by atoms with Crippen LogP contribution in [0.15, 0.2) is 72.2 Å². The predicted octanol–water partition coefficient (Wildman–Crippen LogP) is 4.62. The molecule has 30 heavy (non-hydrogen) atoms. The minimum atomic E-state index is -0.221. The van der Waals surface area contributed by atoms with Gasteiger partial charge in [-0.05, 0) is 48.0 Å². The molecule has 0 bridgehead atoms. The van der Waals surface area contributed by atoms with Gasteiger partial charge in [0.25, 0.3) is 5.91 Å². The van der Waals surface area contributed by atoms with Gasteiger partial charge in [0.1, 0.15) is 5.01 Å².